The van der Waals surface area contributed by atoms with Crippen molar-refractivity contribution in [2.45, 2.75) is 26.0 Å². The molecule has 0 amide bonds. The van der Waals surface area contributed by atoms with E-state index in [1.54, 1.807) is 0 Å². The van der Waals surface area contributed by atoms with Gasteiger partial charge in [-0.05, 0) is 84.9 Å². The van der Waals surface area contributed by atoms with Gasteiger partial charge in [0.05, 0.1) is 12.1 Å². The zero-order valence-electron chi connectivity index (χ0n) is 12.4. The van der Waals surface area contributed by atoms with E-state index in [2.05, 4.69) is 40.0 Å². The minimum atomic E-state index is 0.0892. The molecule has 0 aromatic heterocycles. The zero-order chi connectivity index (χ0) is 15.4. The third kappa shape index (κ3) is 4.34. The van der Waals surface area contributed by atoms with E-state index in [9.17, 15) is 0 Å². The van der Waals surface area contributed by atoms with Gasteiger partial charge in [-0.2, -0.15) is 0 Å². The average Bonchev–Trinajstić information content (AvgIpc) is 2.43. The average molecular weight is 416 g/mol. The van der Waals surface area contributed by atoms with Crippen LogP contribution >= 0.6 is 34.2 Å². The van der Waals surface area contributed by atoms with Crippen molar-refractivity contribution >= 4 is 34.2 Å². The van der Waals surface area contributed by atoms with E-state index >= 15 is 0 Å². The van der Waals surface area contributed by atoms with E-state index in [0.717, 1.165) is 16.3 Å². The van der Waals surface area contributed by atoms with Gasteiger partial charge in [-0.1, -0.05) is 23.7 Å². The van der Waals surface area contributed by atoms with Gasteiger partial charge in [-0.15, -0.1) is 0 Å². The highest BCUT2D eigenvalue weighted by Gasteiger charge is 2.16. The molecule has 0 aliphatic rings. The van der Waals surface area contributed by atoms with Crippen molar-refractivity contribution in [2.24, 2.45) is 0 Å². The van der Waals surface area contributed by atoms with Crippen LogP contribution in [-0.4, -0.2) is 13.2 Å². The van der Waals surface area contributed by atoms with Gasteiger partial charge in [0, 0.05) is 8.59 Å². The van der Waals surface area contributed by atoms with Crippen LogP contribution in [0.15, 0.2) is 42.5 Å². The lowest BCUT2D eigenvalue weighted by Gasteiger charge is -2.20. The molecule has 0 heterocycles. The molecule has 21 heavy (non-hydrogen) atoms. The Labute approximate surface area is 145 Å². The molecular weight excluding hydrogens is 397 g/mol. The lowest BCUT2D eigenvalue weighted by atomic mass is 9.99. The second-order valence-corrected chi connectivity index (χ2v) is 6.73. The van der Waals surface area contributed by atoms with E-state index in [4.69, 9.17) is 16.3 Å². The Kier molecular flexibility index (Phi) is 5.90. The summed E-state index contributed by atoms with van der Waals surface area (Å²) in [4.78, 5) is 0. The first kappa shape index (κ1) is 16.6. The van der Waals surface area contributed by atoms with Crippen LogP contribution < -0.4 is 10.1 Å². The highest BCUT2D eigenvalue weighted by atomic mass is 127. The van der Waals surface area contributed by atoms with Gasteiger partial charge < -0.3 is 10.1 Å². The molecule has 2 nitrogen and oxygen atoms in total. The summed E-state index contributed by atoms with van der Waals surface area (Å²) < 4.78 is 6.97. The number of hydrogen-bond donors (Lipinski definition) is 1. The first-order valence-electron chi connectivity index (χ1n) is 6.90. The van der Waals surface area contributed by atoms with Crippen molar-refractivity contribution < 1.29 is 4.74 Å². The van der Waals surface area contributed by atoms with E-state index in [1.165, 1.54) is 9.13 Å². The minimum Gasteiger partial charge on any atom is -0.491 e. The van der Waals surface area contributed by atoms with Crippen LogP contribution in [0, 0.1) is 3.57 Å². The molecular formula is C17H19ClINO. The van der Waals surface area contributed by atoms with E-state index < -0.39 is 0 Å². The Morgan fingerprint density at radius 3 is 2.57 bits per heavy atom. The van der Waals surface area contributed by atoms with Crippen LogP contribution in [0.3, 0.4) is 0 Å². The molecule has 1 unspecified atom stereocenters. The Bertz CT molecular complexity index is 615. The summed E-state index contributed by atoms with van der Waals surface area (Å²) in [5.41, 5.74) is 2.34. The van der Waals surface area contributed by atoms with E-state index in [1.807, 2.05) is 51.2 Å². The van der Waals surface area contributed by atoms with Crippen molar-refractivity contribution in [3.05, 3.63) is 62.2 Å². The number of benzene rings is 2. The third-order valence-corrected chi connectivity index (χ3v) is 4.34. The quantitative estimate of drug-likeness (QED) is 0.691. The summed E-state index contributed by atoms with van der Waals surface area (Å²) in [5, 5.41) is 4.11. The van der Waals surface area contributed by atoms with Gasteiger partial charge in [-0.25, -0.2) is 0 Å². The smallest absolute Gasteiger partial charge is 0.120 e. The molecule has 0 aliphatic heterocycles. The molecule has 112 valence electrons. The lowest BCUT2D eigenvalue weighted by molar-refractivity contribution is 0.242. The maximum atomic E-state index is 6.15. The van der Waals surface area contributed by atoms with Crippen LogP contribution in [0.2, 0.25) is 5.02 Å². The summed E-state index contributed by atoms with van der Waals surface area (Å²) in [6, 6.07) is 14.2. The van der Waals surface area contributed by atoms with Gasteiger partial charge in [0.25, 0.3) is 0 Å². The standard InChI is InChI=1S/C17H19ClINO/c1-11(2)21-14-6-4-5-12(9-14)17(20-3)15-10-13(18)7-8-16(15)19/h4-11,17,20H,1-3H3. The Morgan fingerprint density at radius 1 is 1.14 bits per heavy atom. The highest BCUT2D eigenvalue weighted by Crippen LogP contribution is 2.30. The maximum absolute atomic E-state index is 6.15. The molecule has 1 N–H and O–H groups in total. The molecule has 2 aromatic carbocycles. The molecule has 0 spiro atoms. The summed E-state index contributed by atoms with van der Waals surface area (Å²) in [7, 11) is 1.96. The predicted molar refractivity (Wildman–Crippen MR) is 97.3 cm³/mol. The summed E-state index contributed by atoms with van der Waals surface area (Å²) in [6.45, 7) is 4.06. The van der Waals surface area contributed by atoms with Crippen molar-refractivity contribution in [3.8, 4) is 5.75 Å². The number of halogens is 2. The zero-order valence-corrected chi connectivity index (χ0v) is 15.3. The molecule has 0 saturated carbocycles. The molecule has 2 rings (SSSR count). The van der Waals surface area contributed by atoms with Crippen LogP contribution in [0.5, 0.6) is 5.75 Å². The molecule has 0 aliphatic carbocycles. The van der Waals surface area contributed by atoms with Gasteiger partial charge in [-0.3, -0.25) is 0 Å². The van der Waals surface area contributed by atoms with Crippen molar-refractivity contribution in [1.29, 1.82) is 0 Å². The van der Waals surface area contributed by atoms with Crippen molar-refractivity contribution in [1.82, 2.24) is 5.32 Å². The molecule has 0 bridgehead atoms. The topological polar surface area (TPSA) is 21.3 Å². The van der Waals surface area contributed by atoms with Gasteiger partial charge in [0.2, 0.25) is 0 Å². The number of nitrogens with one attached hydrogen (secondary N) is 1. The van der Waals surface area contributed by atoms with Crippen molar-refractivity contribution in [2.75, 3.05) is 7.05 Å². The van der Waals surface area contributed by atoms with Gasteiger partial charge in [0.1, 0.15) is 5.75 Å². The maximum Gasteiger partial charge on any atom is 0.120 e. The van der Waals surface area contributed by atoms with E-state index in [-0.39, 0.29) is 12.1 Å². The van der Waals surface area contributed by atoms with Crippen LogP contribution in [0.25, 0.3) is 0 Å². The highest BCUT2D eigenvalue weighted by molar-refractivity contribution is 14.1. The molecule has 0 radical (unpaired) electrons. The fraction of sp³-hybridized carbons (Fsp3) is 0.294. The normalized spacial score (nSPS) is 12.5. The Hall–Kier alpha value is -0.780. The second-order valence-electron chi connectivity index (χ2n) is 5.13. The lowest BCUT2D eigenvalue weighted by Crippen LogP contribution is -2.19. The fourth-order valence-corrected chi connectivity index (χ4v) is 3.10. The largest absolute Gasteiger partial charge is 0.491 e. The molecule has 0 fully saturated rings. The second kappa shape index (κ2) is 7.47. The molecule has 1 atom stereocenters. The molecule has 4 heteroatoms. The number of ether oxygens (including phenoxy) is 1. The summed E-state index contributed by atoms with van der Waals surface area (Å²) >= 11 is 8.49. The molecule has 0 saturated heterocycles. The molecule has 2 aromatic rings. The van der Waals surface area contributed by atoms with Crippen molar-refractivity contribution in [3.63, 3.8) is 0 Å². The van der Waals surface area contributed by atoms with Crippen LogP contribution in [-0.2, 0) is 0 Å². The van der Waals surface area contributed by atoms with Gasteiger partial charge >= 0.3 is 0 Å². The number of rotatable bonds is 5. The van der Waals surface area contributed by atoms with Crippen LogP contribution in [0.1, 0.15) is 31.0 Å². The minimum absolute atomic E-state index is 0.0892. The number of hydrogen-bond acceptors (Lipinski definition) is 2. The van der Waals surface area contributed by atoms with E-state index in [0.29, 0.717) is 0 Å². The first-order chi connectivity index (χ1) is 10.0. The fourth-order valence-electron chi connectivity index (χ4n) is 2.28. The SMILES string of the molecule is CNC(c1cccc(OC(C)C)c1)c1cc(Cl)ccc1I. The Morgan fingerprint density at radius 2 is 1.90 bits per heavy atom. The Balaban J connectivity index is 2.39. The first-order valence-corrected chi connectivity index (χ1v) is 8.35. The van der Waals surface area contributed by atoms with Crippen LogP contribution in [0.4, 0.5) is 0 Å². The summed E-state index contributed by atoms with van der Waals surface area (Å²) in [5.74, 6) is 0.889. The summed E-state index contributed by atoms with van der Waals surface area (Å²) in [6.07, 6.45) is 0.166. The predicted octanol–water partition coefficient (Wildman–Crippen LogP) is 5.04. The third-order valence-electron chi connectivity index (χ3n) is 3.12. The monoisotopic (exact) mass is 415 g/mol. The van der Waals surface area contributed by atoms with Gasteiger partial charge in [0.15, 0.2) is 0 Å².